The first-order valence-electron chi connectivity index (χ1n) is 11.2. The zero-order valence-corrected chi connectivity index (χ0v) is 22.7. The van der Waals surface area contributed by atoms with Crippen molar-refractivity contribution in [1.82, 2.24) is 9.66 Å². The lowest BCUT2D eigenvalue weighted by molar-refractivity contribution is -0.384. The molecule has 0 aliphatic heterocycles. The number of hydrogen-bond acceptors (Lipinski definition) is 6. The number of fused-ring (bicyclic) bond motifs is 1. The van der Waals surface area contributed by atoms with Gasteiger partial charge in [-0.15, -0.1) is 0 Å². The van der Waals surface area contributed by atoms with Crippen LogP contribution in [0.1, 0.15) is 43.1 Å². The summed E-state index contributed by atoms with van der Waals surface area (Å²) < 4.78 is 8.95. The van der Waals surface area contributed by atoms with Gasteiger partial charge in [0.25, 0.3) is 11.2 Å². The predicted octanol–water partition coefficient (Wildman–Crippen LogP) is 6.80. The Morgan fingerprint density at radius 3 is 2.50 bits per heavy atom. The second-order valence-electron chi connectivity index (χ2n) is 8.20. The molecule has 36 heavy (non-hydrogen) atoms. The molecule has 0 amide bonds. The summed E-state index contributed by atoms with van der Waals surface area (Å²) >= 11 is 6.90. The van der Waals surface area contributed by atoms with Crippen LogP contribution in [0.4, 0.5) is 5.69 Å². The van der Waals surface area contributed by atoms with E-state index in [2.05, 4.69) is 37.0 Å². The fraction of sp³-hybridized carbons (Fsp3) is 0.192. The summed E-state index contributed by atoms with van der Waals surface area (Å²) in [4.78, 5) is 28.6. The summed E-state index contributed by atoms with van der Waals surface area (Å²) in [7, 11) is 0. The maximum absolute atomic E-state index is 13.4. The molecule has 0 saturated carbocycles. The van der Waals surface area contributed by atoms with Crippen molar-refractivity contribution in [1.29, 1.82) is 0 Å². The lowest BCUT2D eigenvalue weighted by Gasteiger charge is -2.14. The molecule has 0 bridgehead atoms. The van der Waals surface area contributed by atoms with Gasteiger partial charge >= 0.3 is 0 Å². The summed E-state index contributed by atoms with van der Waals surface area (Å²) in [5.74, 6) is 1.15. The third-order valence-electron chi connectivity index (χ3n) is 5.71. The maximum atomic E-state index is 13.4. The minimum atomic E-state index is -0.441. The monoisotopic (exact) mass is 612 g/mol. The van der Waals surface area contributed by atoms with Gasteiger partial charge in [0.15, 0.2) is 0 Å². The molecule has 10 heteroatoms. The van der Waals surface area contributed by atoms with E-state index in [1.807, 2.05) is 38.1 Å². The van der Waals surface area contributed by atoms with Crippen LogP contribution in [-0.2, 0) is 6.61 Å². The highest BCUT2D eigenvalue weighted by Crippen LogP contribution is 2.25. The molecule has 0 unspecified atom stereocenters. The smallest absolute Gasteiger partial charge is 0.282 e. The molecule has 0 aliphatic rings. The van der Waals surface area contributed by atoms with Crippen LogP contribution < -0.4 is 10.3 Å². The fourth-order valence-electron chi connectivity index (χ4n) is 3.53. The van der Waals surface area contributed by atoms with E-state index in [-0.39, 0.29) is 23.8 Å². The molecular weight excluding hydrogens is 592 g/mol. The van der Waals surface area contributed by atoms with Crippen LogP contribution in [0.3, 0.4) is 0 Å². The van der Waals surface area contributed by atoms with Gasteiger partial charge in [-0.05, 0) is 60.5 Å². The summed E-state index contributed by atoms with van der Waals surface area (Å²) in [6.07, 6.45) is 2.37. The molecule has 4 rings (SSSR count). The number of halogens is 2. The second kappa shape index (κ2) is 11.1. The Balaban J connectivity index is 1.69. The third kappa shape index (κ3) is 5.71. The van der Waals surface area contributed by atoms with E-state index in [0.717, 1.165) is 20.9 Å². The third-order valence-corrected chi connectivity index (χ3v) is 6.70. The first-order chi connectivity index (χ1) is 17.3. The Morgan fingerprint density at radius 1 is 1.11 bits per heavy atom. The molecule has 4 aromatic rings. The van der Waals surface area contributed by atoms with E-state index in [1.54, 1.807) is 30.5 Å². The van der Waals surface area contributed by atoms with Crippen molar-refractivity contribution in [2.24, 2.45) is 5.10 Å². The maximum Gasteiger partial charge on any atom is 0.282 e. The van der Waals surface area contributed by atoms with E-state index in [4.69, 9.17) is 9.72 Å². The van der Waals surface area contributed by atoms with Gasteiger partial charge in [0.2, 0.25) is 0 Å². The summed E-state index contributed by atoms with van der Waals surface area (Å²) in [6.45, 7) is 4.26. The van der Waals surface area contributed by atoms with E-state index >= 15 is 0 Å². The van der Waals surface area contributed by atoms with Crippen LogP contribution in [0.2, 0.25) is 0 Å². The number of nitrogens with zero attached hydrogens (tertiary/aromatic N) is 4. The number of rotatable bonds is 8. The van der Waals surface area contributed by atoms with Crippen molar-refractivity contribution in [3.8, 4) is 5.75 Å². The Kier molecular flexibility index (Phi) is 7.95. The van der Waals surface area contributed by atoms with Gasteiger partial charge in [0.05, 0.1) is 22.0 Å². The number of benzene rings is 3. The van der Waals surface area contributed by atoms with Gasteiger partial charge in [-0.25, -0.2) is 4.98 Å². The first-order valence-corrected chi connectivity index (χ1v) is 12.8. The average molecular weight is 614 g/mol. The van der Waals surface area contributed by atoms with E-state index in [1.165, 1.54) is 16.8 Å². The van der Waals surface area contributed by atoms with Gasteiger partial charge in [-0.3, -0.25) is 14.9 Å². The Morgan fingerprint density at radius 2 is 1.81 bits per heavy atom. The van der Waals surface area contributed by atoms with Crippen molar-refractivity contribution >= 4 is 54.7 Å². The number of aromatic nitrogens is 2. The normalized spacial score (nSPS) is 12.2. The SMILES string of the molecule is CC[C@H](C)c1nc2ccc(Br)cc2c(=O)n1N=Cc1cc(Br)ccc1OCc1ccc([N+](=O)[O-])cc1. The lowest BCUT2D eigenvalue weighted by Crippen LogP contribution is -2.23. The van der Waals surface area contributed by atoms with Crippen molar-refractivity contribution in [2.75, 3.05) is 0 Å². The predicted molar refractivity (Wildman–Crippen MR) is 147 cm³/mol. The molecule has 1 atom stereocenters. The minimum Gasteiger partial charge on any atom is -0.488 e. The highest BCUT2D eigenvalue weighted by atomic mass is 79.9. The van der Waals surface area contributed by atoms with Crippen molar-refractivity contribution in [2.45, 2.75) is 32.8 Å². The Bertz CT molecular complexity index is 1520. The molecule has 0 fully saturated rings. The zero-order chi connectivity index (χ0) is 25.8. The number of non-ortho nitro benzene ring substituents is 1. The molecule has 1 heterocycles. The molecule has 0 aliphatic carbocycles. The standard InChI is InChI=1S/C26H22Br2N4O4/c1-3-16(2)25-30-23-10-6-20(28)13-22(23)26(33)31(25)29-14-18-12-19(27)7-11-24(18)36-15-17-4-8-21(9-5-17)32(34)35/h4-14,16H,3,15H2,1-2H3/t16-/m0/s1. The van der Waals surface area contributed by atoms with Gasteiger partial charge in [-0.2, -0.15) is 9.78 Å². The summed E-state index contributed by atoms with van der Waals surface area (Å²) in [6, 6.07) is 17.1. The number of nitro benzene ring substituents is 1. The minimum absolute atomic E-state index is 0.0169. The molecular formula is C26H22Br2N4O4. The van der Waals surface area contributed by atoms with E-state index < -0.39 is 4.92 Å². The van der Waals surface area contributed by atoms with Crippen molar-refractivity contribution in [3.05, 3.63) is 107 Å². The number of nitro groups is 1. The van der Waals surface area contributed by atoms with Gasteiger partial charge < -0.3 is 4.74 Å². The van der Waals surface area contributed by atoms with E-state index in [0.29, 0.717) is 28.0 Å². The second-order valence-corrected chi connectivity index (χ2v) is 10.0. The van der Waals surface area contributed by atoms with Crippen LogP contribution in [0.25, 0.3) is 10.9 Å². The van der Waals surface area contributed by atoms with Crippen LogP contribution in [-0.4, -0.2) is 20.8 Å². The molecule has 0 N–H and O–H groups in total. The largest absolute Gasteiger partial charge is 0.488 e. The summed E-state index contributed by atoms with van der Waals surface area (Å²) in [5.41, 5.74) is 1.83. The van der Waals surface area contributed by atoms with E-state index in [9.17, 15) is 14.9 Å². The lowest BCUT2D eigenvalue weighted by atomic mass is 10.1. The van der Waals surface area contributed by atoms with Crippen molar-refractivity contribution < 1.29 is 9.66 Å². The quantitative estimate of drug-likeness (QED) is 0.124. The molecule has 0 saturated heterocycles. The van der Waals surface area contributed by atoms with Crippen LogP contribution in [0.5, 0.6) is 5.75 Å². The Labute approximate surface area is 224 Å². The van der Waals surface area contributed by atoms with Crippen LogP contribution >= 0.6 is 31.9 Å². The number of hydrogen-bond donors (Lipinski definition) is 0. The number of ether oxygens (including phenoxy) is 1. The molecule has 3 aromatic carbocycles. The van der Waals surface area contributed by atoms with Crippen LogP contribution in [0.15, 0.2) is 79.5 Å². The highest BCUT2D eigenvalue weighted by Gasteiger charge is 2.16. The fourth-order valence-corrected chi connectivity index (χ4v) is 4.27. The topological polar surface area (TPSA) is 99.6 Å². The zero-order valence-electron chi connectivity index (χ0n) is 19.5. The Hall–Kier alpha value is -3.37. The van der Waals surface area contributed by atoms with Gasteiger partial charge in [0.1, 0.15) is 18.2 Å². The molecule has 184 valence electrons. The van der Waals surface area contributed by atoms with Crippen LogP contribution in [0, 0.1) is 10.1 Å². The molecule has 8 nitrogen and oxygen atoms in total. The summed E-state index contributed by atoms with van der Waals surface area (Å²) in [5, 5.41) is 15.9. The molecule has 0 radical (unpaired) electrons. The molecule has 1 aromatic heterocycles. The van der Waals surface area contributed by atoms with Gasteiger partial charge in [-0.1, -0.05) is 45.7 Å². The van der Waals surface area contributed by atoms with Gasteiger partial charge in [0, 0.05) is 32.6 Å². The van der Waals surface area contributed by atoms with Crippen molar-refractivity contribution in [3.63, 3.8) is 0 Å². The highest BCUT2D eigenvalue weighted by molar-refractivity contribution is 9.10. The first kappa shape index (κ1) is 25.7. The average Bonchev–Trinajstić information content (AvgIpc) is 2.87. The molecule has 0 spiro atoms.